The molecule has 19 heavy (non-hydrogen) atoms. The van der Waals surface area contributed by atoms with Gasteiger partial charge in [0.15, 0.2) is 0 Å². The molecule has 0 aromatic heterocycles. The van der Waals surface area contributed by atoms with Gasteiger partial charge >= 0.3 is 5.97 Å². The maximum absolute atomic E-state index is 11.0. The van der Waals surface area contributed by atoms with Crippen molar-refractivity contribution < 1.29 is 9.90 Å². The van der Waals surface area contributed by atoms with Gasteiger partial charge in [-0.3, -0.25) is 9.69 Å². The van der Waals surface area contributed by atoms with Crippen molar-refractivity contribution in [3.63, 3.8) is 0 Å². The fourth-order valence-corrected chi connectivity index (χ4v) is 2.48. The number of hydrogen-bond donors (Lipinski definition) is 1. The predicted octanol–water partition coefficient (Wildman–Crippen LogP) is 3.41. The minimum atomic E-state index is -0.730. The summed E-state index contributed by atoms with van der Waals surface area (Å²) in [4.78, 5) is 13.2. The first kappa shape index (κ1) is 15.7. The van der Waals surface area contributed by atoms with Crippen LogP contribution < -0.4 is 0 Å². The van der Waals surface area contributed by atoms with Crippen molar-refractivity contribution in [2.45, 2.75) is 40.7 Å². The molecule has 0 aliphatic heterocycles. The van der Waals surface area contributed by atoms with Crippen LogP contribution in [-0.2, 0) is 4.79 Å². The molecule has 2 unspecified atom stereocenters. The van der Waals surface area contributed by atoms with E-state index in [1.54, 1.807) is 6.92 Å². The van der Waals surface area contributed by atoms with Gasteiger partial charge in [-0.1, -0.05) is 37.6 Å². The van der Waals surface area contributed by atoms with Crippen molar-refractivity contribution in [3.05, 3.63) is 34.9 Å². The Labute approximate surface area is 116 Å². The lowest BCUT2D eigenvalue weighted by Gasteiger charge is -2.30. The Hall–Kier alpha value is -1.35. The molecule has 2 atom stereocenters. The van der Waals surface area contributed by atoms with Crippen molar-refractivity contribution in [2.24, 2.45) is 5.92 Å². The van der Waals surface area contributed by atoms with Crippen LogP contribution in [-0.4, -0.2) is 29.1 Å². The zero-order chi connectivity index (χ0) is 14.6. The molecule has 106 valence electrons. The number of aliphatic carboxylic acids is 1. The molecule has 0 amide bonds. The summed E-state index contributed by atoms with van der Waals surface area (Å²) in [6.45, 7) is 11.6. The average molecular weight is 263 g/mol. The third-order valence-corrected chi connectivity index (χ3v) is 3.76. The second-order valence-electron chi connectivity index (χ2n) is 5.36. The summed E-state index contributed by atoms with van der Waals surface area (Å²) < 4.78 is 0. The topological polar surface area (TPSA) is 40.5 Å². The third-order valence-electron chi connectivity index (χ3n) is 3.76. The molecule has 0 saturated heterocycles. The van der Waals surface area contributed by atoms with Crippen molar-refractivity contribution in [1.29, 1.82) is 0 Å². The lowest BCUT2D eigenvalue weighted by Crippen LogP contribution is -2.34. The van der Waals surface area contributed by atoms with E-state index in [4.69, 9.17) is 5.11 Å². The van der Waals surface area contributed by atoms with Crippen LogP contribution in [0.25, 0.3) is 0 Å². The average Bonchev–Trinajstić information content (AvgIpc) is 2.34. The maximum atomic E-state index is 11.0. The summed E-state index contributed by atoms with van der Waals surface area (Å²) in [6.07, 6.45) is 0. The Morgan fingerprint density at radius 1 is 1.32 bits per heavy atom. The number of nitrogens with zero attached hydrogens (tertiary/aromatic N) is 1. The van der Waals surface area contributed by atoms with Gasteiger partial charge in [-0.2, -0.15) is 0 Å². The molecule has 1 N–H and O–H groups in total. The molecule has 0 spiro atoms. The van der Waals surface area contributed by atoms with E-state index in [0.717, 1.165) is 6.54 Å². The Bertz CT molecular complexity index is 442. The van der Waals surface area contributed by atoms with E-state index in [0.29, 0.717) is 6.54 Å². The summed E-state index contributed by atoms with van der Waals surface area (Å²) >= 11 is 0. The van der Waals surface area contributed by atoms with E-state index < -0.39 is 5.97 Å². The number of rotatable bonds is 6. The van der Waals surface area contributed by atoms with E-state index in [2.05, 4.69) is 50.8 Å². The van der Waals surface area contributed by atoms with E-state index in [1.807, 2.05) is 0 Å². The van der Waals surface area contributed by atoms with Gasteiger partial charge in [0.05, 0.1) is 5.92 Å². The van der Waals surface area contributed by atoms with Crippen LogP contribution in [0.4, 0.5) is 0 Å². The number of benzene rings is 1. The fourth-order valence-electron chi connectivity index (χ4n) is 2.48. The SMILES string of the molecule is CCN(CC(C)C(=O)O)C(C)c1ccc(C)cc1C. The molecular weight excluding hydrogens is 238 g/mol. The van der Waals surface area contributed by atoms with Gasteiger partial charge in [0, 0.05) is 12.6 Å². The number of hydrogen-bond acceptors (Lipinski definition) is 2. The smallest absolute Gasteiger partial charge is 0.307 e. The maximum Gasteiger partial charge on any atom is 0.307 e. The van der Waals surface area contributed by atoms with Gasteiger partial charge in [0.2, 0.25) is 0 Å². The van der Waals surface area contributed by atoms with Crippen molar-refractivity contribution in [1.82, 2.24) is 4.90 Å². The number of carboxylic acid groups (broad SMARTS) is 1. The van der Waals surface area contributed by atoms with Crippen LogP contribution in [0, 0.1) is 19.8 Å². The Kier molecular flexibility index (Phi) is 5.55. The summed E-state index contributed by atoms with van der Waals surface area (Å²) in [5.74, 6) is -1.07. The van der Waals surface area contributed by atoms with Gasteiger partial charge in [-0.05, 0) is 38.4 Å². The van der Waals surface area contributed by atoms with Gasteiger partial charge in [0.1, 0.15) is 0 Å². The highest BCUT2D eigenvalue weighted by atomic mass is 16.4. The number of carboxylic acids is 1. The molecule has 3 heteroatoms. The Balaban J connectivity index is 2.88. The van der Waals surface area contributed by atoms with Crippen molar-refractivity contribution in [3.8, 4) is 0 Å². The van der Waals surface area contributed by atoms with Crippen LogP contribution >= 0.6 is 0 Å². The first-order valence-corrected chi connectivity index (χ1v) is 6.90. The van der Waals surface area contributed by atoms with Crippen LogP contribution in [0.3, 0.4) is 0 Å². The molecule has 0 fully saturated rings. The van der Waals surface area contributed by atoms with Crippen LogP contribution in [0.5, 0.6) is 0 Å². The lowest BCUT2D eigenvalue weighted by atomic mass is 9.98. The normalized spacial score (nSPS) is 14.4. The van der Waals surface area contributed by atoms with Gasteiger partial charge < -0.3 is 5.11 Å². The molecule has 3 nitrogen and oxygen atoms in total. The minimum Gasteiger partial charge on any atom is -0.481 e. The van der Waals surface area contributed by atoms with Crippen LogP contribution in [0.15, 0.2) is 18.2 Å². The third kappa shape index (κ3) is 4.06. The van der Waals surface area contributed by atoms with Crippen LogP contribution in [0.2, 0.25) is 0 Å². The minimum absolute atomic E-state index is 0.243. The zero-order valence-electron chi connectivity index (χ0n) is 12.6. The Morgan fingerprint density at radius 3 is 2.42 bits per heavy atom. The summed E-state index contributed by atoms with van der Waals surface area (Å²) in [7, 11) is 0. The molecule has 0 radical (unpaired) electrons. The van der Waals surface area contributed by atoms with Crippen molar-refractivity contribution in [2.75, 3.05) is 13.1 Å². The van der Waals surface area contributed by atoms with E-state index in [-0.39, 0.29) is 12.0 Å². The van der Waals surface area contributed by atoms with Gasteiger partial charge in [-0.25, -0.2) is 0 Å². The van der Waals surface area contributed by atoms with Gasteiger partial charge in [0.25, 0.3) is 0 Å². The predicted molar refractivity (Wildman–Crippen MR) is 78.4 cm³/mol. The van der Waals surface area contributed by atoms with Crippen molar-refractivity contribution >= 4 is 5.97 Å². The molecule has 1 aromatic carbocycles. The second kappa shape index (κ2) is 6.71. The number of carbonyl (C=O) groups is 1. The van der Waals surface area contributed by atoms with E-state index >= 15 is 0 Å². The standard InChI is InChI=1S/C16H25NO2/c1-6-17(10-13(4)16(18)19)14(5)15-8-7-11(2)9-12(15)3/h7-9,13-14H,6,10H2,1-5H3,(H,18,19). The fraction of sp³-hybridized carbons (Fsp3) is 0.562. The second-order valence-corrected chi connectivity index (χ2v) is 5.36. The lowest BCUT2D eigenvalue weighted by molar-refractivity contribution is -0.141. The molecular formula is C16H25NO2. The highest BCUT2D eigenvalue weighted by Gasteiger charge is 2.21. The quantitative estimate of drug-likeness (QED) is 0.855. The highest BCUT2D eigenvalue weighted by molar-refractivity contribution is 5.69. The molecule has 0 bridgehead atoms. The Morgan fingerprint density at radius 2 is 1.95 bits per heavy atom. The first-order valence-electron chi connectivity index (χ1n) is 6.90. The molecule has 1 rings (SSSR count). The van der Waals surface area contributed by atoms with Gasteiger partial charge in [-0.15, -0.1) is 0 Å². The van der Waals surface area contributed by atoms with Crippen LogP contribution in [0.1, 0.15) is 43.5 Å². The first-order chi connectivity index (χ1) is 8.86. The molecule has 0 heterocycles. The molecule has 0 saturated carbocycles. The molecule has 0 aliphatic carbocycles. The summed E-state index contributed by atoms with van der Waals surface area (Å²) in [6, 6.07) is 6.70. The number of aryl methyl sites for hydroxylation is 2. The largest absolute Gasteiger partial charge is 0.481 e. The zero-order valence-corrected chi connectivity index (χ0v) is 12.6. The summed E-state index contributed by atoms with van der Waals surface area (Å²) in [5.41, 5.74) is 3.81. The highest BCUT2D eigenvalue weighted by Crippen LogP contribution is 2.24. The monoisotopic (exact) mass is 263 g/mol. The van der Waals surface area contributed by atoms with E-state index in [9.17, 15) is 4.79 Å². The molecule has 0 aliphatic rings. The van der Waals surface area contributed by atoms with E-state index in [1.165, 1.54) is 16.7 Å². The summed E-state index contributed by atoms with van der Waals surface area (Å²) in [5, 5.41) is 9.04. The molecule has 1 aromatic rings.